The molecule has 53 heavy (non-hydrogen) atoms. The highest BCUT2D eigenvalue weighted by Gasteiger charge is 2.37. The van der Waals surface area contributed by atoms with E-state index in [1.54, 1.807) is 60.9 Å². The molecule has 3 heterocycles. The summed E-state index contributed by atoms with van der Waals surface area (Å²) in [5, 5.41) is 2.68. The van der Waals surface area contributed by atoms with Crippen LogP contribution in [-0.4, -0.2) is 51.9 Å². The van der Waals surface area contributed by atoms with Gasteiger partial charge in [-0.1, -0.05) is 36.4 Å². The number of anilines is 1. The van der Waals surface area contributed by atoms with Crippen molar-refractivity contribution < 1.29 is 44.7 Å². The Morgan fingerprint density at radius 3 is 2.09 bits per heavy atom. The summed E-state index contributed by atoms with van der Waals surface area (Å²) >= 11 is 0. The summed E-state index contributed by atoms with van der Waals surface area (Å²) < 4.78 is 109. The summed E-state index contributed by atoms with van der Waals surface area (Å²) in [7, 11) is 0. The topological polar surface area (TPSA) is 102 Å². The van der Waals surface area contributed by atoms with Crippen molar-refractivity contribution in [1.29, 1.82) is 0 Å². The molecule has 1 aliphatic heterocycles. The zero-order valence-electron chi connectivity index (χ0n) is 29.3. The van der Waals surface area contributed by atoms with Crippen LogP contribution < -0.4 is 21.5 Å². The van der Waals surface area contributed by atoms with E-state index in [1.165, 1.54) is 13.0 Å². The van der Waals surface area contributed by atoms with Crippen LogP contribution in [0.1, 0.15) is 60.7 Å². The highest BCUT2D eigenvalue weighted by atomic mass is 19.4. The second kappa shape index (κ2) is 15.1. The van der Waals surface area contributed by atoms with Gasteiger partial charge in [-0.25, -0.2) is 14.0 Å². The van der Waals surface area contributed by atoms with E-state index in [4.69, 9.17) is 9.15 Å². The van der Waals surface area contributed by atoms with Crippen LogP contribution in [0.5, 0.6) is 0 Å². The number of ether oxygens (including phenoxy) is 1. The number of carbonyl (C=O) groups excluding carboxylic acids is 1. The fourth-order valence-electron chi connectivity index (χ4n) is 6.16. The smallest absolute Gasteiger partial charge is 0.449 e. The summed E-state index contributed by atoms with van der Waals surface area (Å²) in [5.41, 5.74) is -4.46. The zero-order valence-corrected chi connectivity index (χ0v) is 29.3. The molecule has 10 nitrogen and oxygen atoms in total. The van der Waals surface area contributed by atoms with Crippen molar-refractivity contribution >= 4 is 11.8 Å². The molecule has 4 aromatic rings. The van der Waals surface area contributed by atoms with Gasteiger partial charge >= 0.3 is 24.1 Å². The Labute approximate surface area is 299 Å². The number of alkyl halides is 6. The molecule has 1 saturated heterocycles. The lowest BCUT2D eigenvalue weighted by atomic mass is 10.1. The molecule has 1 N–H and O–H groups in total. The number of piperazine rings is 1. The average Bonchev–Trinajstić information content (AvgIpc) is 3.54. The van der Waals surface area contributed by atoms with Gasteiger partial charge in [0, 0.05) is 37.4 Å². The summed E-state index contributed by atoms with van der Waals surface area (Å²) in [6.07, 6.45) is -10.5. The first-order valence-electron chi connectivity index (χ1n) is 16.6. The molecule has 2 aromatic heterocycles. The third-order valence-corrected chi connectivity index (χ3v) is 8.66. The average molecular weight is 754 g/mol. The molecule has 5 rings (SSSR count). The van der Waals surface area contributed by atoms with E-state index in [1.807, 2.05) is 0 Å². The number of rotatable bonds is 9. The molecular weight excluding hydrogens is 715 g/mol. The number of benzene rings is 2. The van der Waals surface area contributed by atoms with Gasteiger partial charge < -0.3 is 19.4 Å². The SMILES string of the molecule is Cc1c(N2CCN(Cc3ccc(C(F)(F)F)o3)CC2)c(=O)n(C[C@H](NC(=O)OC(C)(C)C)c2ccccc2)c(=O)n1Cc1c(F)cccc1C(F)(F)F. The van der Waals surface area contributed by atoms with Gasteiger partial charge in [-0.2, -0.15) is 26.3 Å². The lowest BCUT2D eigenvalue weighted by Crippen LogP contribution is -2.51. The molecular formula is C36H38F7N5O5. The summed E-state index contributed by atoms with van der Waals surface area (Å²) in [6.45, 7) is 5.72. The second-order valence-electron chi connectivity index (χ2n) is 13.6. The standard InChI is InChI=1S/C36H38F7N5O5/c1-22-30(46-17-15-45(16-18-46)19-24-13-14-29(52-24)36(41,42)43)31(49)48(21-28(23-9-6-5-7-10-23)44-32(50)53-34(2,3)4)33(51)47(22)20-25-26(35(38,39)40)11-8-12-27(25)37/h5-14,28H,15-21H2,1-4H3,(H,44,50)/t28-/m0/s1. The number of amides is 1. The zero-order chi connectivity index (χ0) is 38.9. The van der Waals surface area contributed by atoms with Crippen LogP contribution in [0.4, 0.5) is 41.2 Å². The van der Waals surface area contributed by atoms with E-state index in [9.17, 15) is 40.7 Å². The molecule has 1 atom stereocenters. The van der Waals surface area contributed by atoms with Crippen LogP contribution in [0.15, 0.2) is 74.7 Å². The Kier molecular flexibility index (Phi) is 11.2. The van der Waals surface area contributed by atoms with Crippen LogP contribution in [-0.2, 0) is 36.7 Å². The number of aromatic nitrogens is 2. The molecule has 0 aliphatic carbocycles. The van der Waals surface area contributed by atoms with E-state index >= 15 is 4.39 Å². The van der Waals surface area contributed by atoms with Crippen molar-refractivity contribution in [3.63, 3.8) is 0 Å². The molecule has 0 bridgehead atoms. The third-order valence-electron chi connectivity index (χ3n) is 8.66. The molecule has 286 valence electrons. The van der Waals surface area contributed by atoms with Crippen LogP contribution in [0.2, 0.25) is 0 Å². The van der Waals surface area contributed by atoms with Gasteiger partial charge in [-0.05, 0) is 57.5 Å². The highest BCUT2D eigenvalue weighted by Crippen LogP contribution is 2.34. The maximum Gasteiger partial charge on any atom is 0.449 e. The summed E-state index contributed by atoms with van der Waals surface area (Å²) in [5.74, 6) is -2.27. The van der Waals surface area contributed by atoms with Gasteiger partial charge in [0.05, 0.1) is 31.2 Å². The minimum absolute atomic E-state index is 0.0294. The molecule has 1 amide bonds. The van der Waals surface area contributed by atoms with Gasteiger partial charge in [0.1, 0.15) is 22.9 Å². The first-order valence-corrected chi connectivity index (χ1v) is 16.6. The number of furan rings is 1. The highest BCUT2D eigenvalue weighted by molar-refractivity contribution is 5.68. The van der Waals surface area contributed by atoms with E-state index < -0.39 is 77.1 Å². The first-order chi connectivity index (χ1) is 24.7. The Balaban J connectivity index is 1.56. The Hall–Kier alpha value is -5.06. The van der Waals surface area contributed by atoms with Gasteiger partial charge in [-0.3, -0.25) is 18.8 Å². The van der Waals surface area contributed by atoms with Crippen LogP contribution in [0.3, 0.4) is 0 Å². The molecule has 0 spiro atoms. The van der Waals surface area contributed by atoms with Crippen molar-refractivity contribution in [3.05, 3.63) is 121 Å². The number of alkyl carbamates (subject to hydrolysis) is 1. The van der Waals surface area contributed by atoms with E-state index in [2.05, 4.69) is 5.32 Å². The number of hydrogen-bond acceptors (Lipinski definition) is 7. The van der Waals surface area contributed by atoms with Crippen molar-refractivity contribution in [1.82, 2.24) is 19.4 Å². The largest absolute Gasteiger partial charge is 0.455 e. The Morgan fingerprint density at radius 2 is 1.51 bits per heavy atom. The number of halogens is 7. The normalized spacial score (nSPS) is 15.0. The minimum Gasteiger partial charge on any atom is -0.455 e. The molecule has 0 saturated carbocycles. The second-order valence-corrected chi connectivity index (χ2v) is 13.6. The van der Waals surface area contributed by atoms with Crippen LogP contribution in [0.25, 0.3) is 0 Å². The lowest BCUT2D eigenvalue weighted by molar-refractivity contribution is -0.153. The summed E-state index contributed by atoms with van der Waals surface area (Å²) in [6, 6.07) is 11.8. The molecule has 1 aliphatic rings. The summed E-state index contributed by atoms with van der Waals surface area (Å²) in [4.78, 5) is 44.9. The van der Waals surface area contributed by atoms with Gasteiger partial charge in [0.15, 0.2) is 0 Å². The number of nitrogens with one attached hydrogen (secondary N) is 1. The molecule has 17 heteroatoms. The van der Waals surface area contributed by atoms with Gasteiger partial charge in [0.2, 0.25) is 5.76 Å². The van der Waals surface area contributed by atoms with Gasteiger partial charge in [-0.15, -0.1) is 0 Å². The maximum absolute atomic E-state index is 15.1. The maximum atomic E-state index is 15.1. The molecule has 0 radical (unpaired) electrons. The Morgan fingerprint density at radius 1 is 0.849 bits per heavy atom. The predicted octanol–water partition coefficient (Wildman–Crippen LogP) is 6.72. The lowest BCUT2D eigenvalue weighted by Gasteiger charge is -2.36. The van der Waals surface area contributed by atoms with Crippen molar-refractivity contribution in [3.8, 4) is 0 Å². The number of nitrogens with zero attached hydrogens (tertiary/aromatic N) is 4. The van der Waals surface area contributed by atoms with Crippen molar-refractivity contribution in [2.45, 2.75) is 71.3 Å². The third kappa shape index (κ3) is 9.30. The van der Waals surface area contributed by atoms with E-state index in [-0.39, 0.29) is 49.9 Å². The molecule has 1 fully saturated rings. The predicted molar refractivity (Wildman–Crippen MR) is 180 cm³/mol. The molecule has 2 aromatic carbocycles. The van der Waals surface area contributed by atoms with Crippen molar-refractivity contribution in [2.24, 2.45) is 0 Å². The van der Waals surface area contributed by atoms with Gasteiger partial charge in [0.25, 0.3) is 5.56 Å². The molecule has 0 unspecified atom stereocenters. The number of carbonyl (C=O) groups is 1. The quantitative estimate of drug-likeness (QED) is 0.190. The monoisotopic (exact) mass is 753 g/mol. The fourth-order valence-corrected chi connectivity index (χ4v) is 6.16. The fraction of sp³-hybridized carbons (Fsp3) is 0.417. The van der Waals surface area contributed by atoms with Crippen LogP contribution in [0, 0.1) is 12.7 Å². The Bertz CT molecular complexity index is 2040. The first kappa shape index (κ1) is 39.2. The number of hydrogen-bond donors (Lipinski definition) is 1. The van der Waals surface area contributed by atoms with E-state index in [0.717, 1.165) is 27.3 Å². The van der Waals surface area contributed by atoms with Crippen LogP contribution >= 0.6 is 0 Å². The minimum atomic E-state index is -4.97. The van der Waals surface area contributed by atoms with Crippen molar-refractivity contribution in [2.75, 3.05) is 31.1 Å². The van der Waals surface area contributed by atoms with E-state index in [0.29, 0.717) is 11.6 Å².